The van der Waals surface area contributed by atoms with Gasteiger partial charge in [-0.25, -0.2) is 0 Å². The van der Waals surface area contributed by atoms with Crippen molar-refractivity contribution in [3.05, 3.63) is 71.8 Å². The summed E-state index contributed by atoms with van der Waals surface area (Å²) >= 11 is 0. The van der Waals surface area contributed by atoms with E-state index in [0.717, 1.165) is 18.4 Å². The number of hydrogen-bond donors (Lipinski definition) is 2. The topological polar surface area (TPSA) is 83.8 Å². The molecule has 3 unspecified atom stereocenters. The molecule has 0 saturated heterocycles. The van der Waals surface area contributed by atoms with Crippen LogP contribution in [0.1, 0.15) is 66.9 Å². The zero-order chi connectivity index (χ0) is 26.1. The number of hydrogen-bond acceptors (Lipinski definition) is 4. The molecule has 0 spiro atoms. The molecule has 5 nitrogen and oxygen atoms in total. The van der Waals surface area contributed by atoms with Crippen LogP contribution in [-0.4, -0.2) is 33.4 Å². The molecule has 3 rings (SSSR count). The first-order valence-corrected chi connectivity index (χ1v) is 12.0. The Bertz CT molecular complexity index is 898. The molecule has 1 heterocycles. The van der Waals surface area contributed by atoms with Crippen LogP contribution >= 0.6 is 0 Å². The Kier molecular flexibility index (Phi) is 11.1. The third-order valence-corrected chi connectivity index (χ3v) is 6.49. The second-order valence-corrected chi connectivity index (χ2v) is 9.91. The van der Waals surface area contributed by atoms with Gasteiger partial charge in [0.2, 0.25) is 5.79 Å². The van der Waals surface area contributed by atoms with Crippen LogP contribution in [0, 0.1) is 17.8 Å². The van der Waals surface area contributed by atoms with E-state index >= 15 is 0 Å². The number of ether oxygens (including phenoxy) is 1. The lowest BCUT2D eigenvalue weighted by atomic mass is 9.77. The summed E-state index contributed by atoms with van der Waals surface area (Å²) in [5, 5.41) is 18.2. The zero-order valence-electron chi connectivity index (χ0n) is 21.8. The highest BCUT2D eigenvalue weighted by molar-refractivity contribution is 5.93. The minimum Gasteiger partial charge on any atom is -0.481 e. The molecule has 0 amide bonds. The highest BCUT2D eigenvalue weighted by atomic mass is 16.6. The van der Waals surface area contributed by atoms with Crippen molar-refractivity contribution in [2.45, 2.75) is 79.1 Å². The van der Waals surface area contributed by atoms with Gasteiger partial charge in [0.1, 0.15) is 0 Å². The Morgan fingerprint density at radius 3 is 2.24 bits per heavy atom. The fourth-order valence-corrected chi connectivity index (χ4v) is 3.66. The van der Waals surface area contributed by atoms with Crippen molar-refractivity contribution < 1.29 is 24.5 Å². The van der Waals surface area contributed by atoms with E-state index in [0.29, 0.717) is 23.2 Å². The van der Waals surface area contributed by atoms with E-state index in [-0.39, 0.29) is 17.9 Å². The van der Waals surface area contributed by atoms with E-state index in [4.69, 9.17) is 9.84 Å². The van der Waals surface area contributed by atoms with Crippen LogP contribution in [0.3, 0.4) is 0 Å². The van der Waals surface area contributed by atoms with Gasteiger partial charge in [0.25, 0.3) is 0 Å². The molecular formula is C29H42O5. The summed E-state index contributed by atoms with van der Waals surface area (Å²) in [6.45, 7) is 17.9. The Morgan fingerprint density at radius 2 is 1.82 bits per heavy atom. The Balaban J connectivity index is 0.000000256. The van der Waals surface area contributed by atoms with Gasteiger partial charge in [-0.1, -0.05) is 76.3 Å². The predicted molar refractivity (Wildman–Crippen MR) is 137 cm³/mol. The number of rotatable bonds is 5. The first kappa shape index (κ1) is 29.5. The number of carbonyl (C=O) groups is 2. The van der Waals surface area contributed by atoms with Crippen LogP contribution in [-0.2, 0) is 20.7 Å². The van der Waals surface area contributed by atoms with Crippen molar-refractivity contribution in [3.8, 4) is 0 Å². The van der Waals surface area contributed by atoms with Crippen molar-refractivity contribution in [3.63, 3.8) is 0 Å². The van der Waals surface area contributed by atoms with Gasteiger partial charge in [-0.3, -0.25) is 9.59 Å². The van der Waals surface area contributed by atoms with Gasteiger partial charge in [0, 0.05) is 5.92 Å². The van der Waals surface area contributed by atoms with Gasteiger partial charge >= 0.3 is 5.97 Å². The molecule has 1 aromatic carbocycles. The van der Waals surface area contributed by atoms with Crippen molar-refractivity contribution in [2.24, 2.45) is 17.8 Å². The van der Waals surface area contributed by atoms with E-state index in [1.807, 2.05) is 44.2 Å². The molecule has 188 valence electrons. The fraction of sp³-hybridized carbons (Fsp3) is 0.517. The molecule has 2 N–H and O–H groups in total. The molecular weight excluding hydrogens is 428 g/mol. The number of carbonyl (C=O) groups excluding carboxylic acids is 1. The second kappa shape index (κ2) is 12.8. The maximum Gasteiger partial charge on any atom is 0.307 e. The van der Waals surface area contributed by atoms with Crippen LogP contribution < -0.4 is 0 Å². The smallest absolute Gasteiger partial charge is 0.307 e. The lowest BCUT2D eigenvalue weighted by Gasteiger charge is -2.28. The highest BCUT2D eigenvalue weighted by Crippen LogP contribution is 2.35. The van der Waals surface area contributed by atoms with Gasteiger partial charge in [-0.05, 0) is 68.7 Å². The molecule has 34 heavy (non-hydrogen) atoms. The molecule has 0 saturated carbocycles. The summed E-state index contributed by atoms with van der Waals surface area (Å²) in [5.74, 6) is -0.347. The fourth-order valence-electron chi connectivity index (χ4n) is 3.66. The molecule has 0 radical (unpaired) electrons. The lowest BCUT2D eigenvalue weighted by molar-refractivity contribution is -0.178. The summed E-state index contributed by atoms with van der Waals surface area (Å²) in [6, 6.07) is 9.13. The van der Waals surface area contributed by atoms with E-state index in [2.05, 4.69) is 34.3 Å². The number of benzene rings is 1. The average Bonchev–Trinajstić information content (AvgIpc) is 3.09. The first-order chi connectivity index (χ1) is 15.7. The van der Waals surface area contributed by atoms with Gasteiger partial charge in [-0.2, -0.15) is 0 Å². The normalized spacial score (nSPS) is 27.8. The number of carboxylic acid groups (broad SMARTS) is 1. The molecule has 1 aliphatic heterocycles. The van der Waals surface area contributed by atoms with Gasteiger partial charge < -0.3 is 14.9 Å². The van der Waals surface area contributed by atoms with E-state index in [1.165, 1.54) is 5.57 Å². The third kappa shape index (κ3) is 9.03. The quantitative estimate of drug-likeness (QED) is 0.506. The highest BCUT2D eigenvalue weighted by Gasteiger charge is 2.39. The number of aliphatic carboxylic acids is 1. The maximum absolute atomic E-state index is 11.5. The standard InChI is InChI=1S/C11H18O.C10H16O2.C8H8O2/c1-7(2)10-5-8(3)9(4)6-11(10)12;1-5-9(4)6-7-10(11,12-9)8(2)3;9-8(10)6-7-4-2-1-3-5-7/h6-8,10H,5H2,1-4H3;6-7,11H,2,5H2,1,3-4H3;1-5H,6H2,(H,9,10)/t8-,10?;;/m1../s1. The molecule has 0 fully saturated rings. The predicted octanol–water partition coefficient (Wildman–Crippen LogP) is 6.13. The summed E-state index contributed by atoms with van der Waals surface area (Å²) < 4.78 is 5.49. The minimum atomic E-state index is -1.25. The van der Waals surface area contributed by atoms with Crippen LogP contribution in [0.5, 0.6) is 0 Å². The van der Waals surface area contributed by atoms with Crippen molar-refractivity contribution in [1.29, 1.82) is 0 Å². The molecule has 1 aromatic rings. The number of aliphatic hydroxyl groups is 1. The Morgan fingerprint density at radius 1 is 1.24 bits per heavy atom. The number of ketones is 1. The summed E-state index contributed by atoms with van der Waals surface area (Å²) in [7, 11) is 0. The molecule has 5 heteroatoms. The SMILES string of the molecule is C=C(C)C1(O)C=CC(C)(CC)O1.CC1=CC(=O)C(C(C)C)C[C@H]1C.O=C(O)Cc1ccccc1. The van der Waals surface area contributed by atoms with Gasteiger partial charge in [0.05, 0.1) is 12.0 Å². The first-order valence-electron chi connectivity index (χ1n) is 12.0. The van der Waals surface area contributed by atoms with Crippen molar-refractivity contribution in [1.82, 2.24) is 0 Å². The number of carboxylic acids is 1. The lowest BCUT2D eigenvalue weighted by Crippen LogP contribution is -2.35. The van der Waals surface area contributed by atoms with E-state index in [9.17, 15) is 14.7 Å². The van der Waals surface area contributed by atoms with E-state index in [1.54, 1.807) is 25.1 Å². The Hall–Kier alpha value is -2.50. The van der Waals surface area contributed by atoms with Crippen LogP contribution in [0.15, 0.2) is 66.3 Å². The Labute approximate surface area is 205 Å². The summed E-state index contributed by atoms with van der Waals surface area (Å²) in [5.41, 5.74) is 2.37. The van der Waals surface area contributed by atoms with Crippen LogP contribution in [0.25, 0.3) is 0 Å². The maximum atomic E-state index is 11.5. The summed E-state index contributed by atoms with van der Waals surface area (Å²) in [6.07, 6.45) is 7.39. The van der Waals surface area contributed by atoms with E-state index < -0.39 is 11.8 Å². The van der Waals surface area contributed by atoms with Crippen molar-refractivity contribution >= 4 is 11.8 Å². The molecule has 2 aliphatic rings. The molecule has 0 aromatic heterocycles. The van der Waals surface area contributed by atoms with Crippen LogP contribution in [0.4, 0.5) is 0 Å². The van der Waals surface area contributed by atoms with Gasteiger partial charge in [-0.15, -0.1) is 0 Å². The monoisotopic (exact) mass is 470 g/mol. The average molecular weight is 471 g/mol. The van der Waals surface area contributed by atoms with Gasteiger partial charge in [0.15, 0.2) is 5.78 Å². The molecule has 4 atom stereocenters. The minimum absolute atomic E-state index is 0.112. The third-order valence-electron chi connectivity index (χ3n) is 6.49. The molecule has 0 bridgehead atoms. The summed E-state index contributed by atoms with van der Waals surface area (Å²) in [4.78, 5) is 21.7. The van der Waals surface area contributed by atoms with Crippen LogP contribution in [0.2, 0.25) is 0 Å². The van der Waals surface area contributed by atoms with Crippen molar-refractivity contribution in [2.75, 3.05) is 0 Å². The second-order valence-electron chi connectivity index (χ2n) is 9.91. The largest absolute Gasteiger partial charge is 0.481 e. The number of allylic oxidation sites excluding steroid dienone is 2. The zero-order valence-corrected chi connectivity index (χ0v) is 21.8. The molecule has 1 aliphatic carbocycles.